The fraction of sp³-hybridized carbons (Fsp3) is 0.190. The number of amides is 1. The van der Waals surface area contributed by atoms with Gasteiger partial charge in [0.1, 0.15) is 17.8 Å². The summed E-state index contributed by atoms with van der Waals surface area (Å²) in [6, 6.07) is 17.6. The second-order valence-electron chi connectivity index (χ2n) is 6.11. The Kier molecular flexibility index (Phi) is 5.27. The number of aryl methyl sites for hydroxylation is 2. The zero-order chi connectivity index (χ0) is 18.5. The van der Waals surface area contributed by atoms with E-state index in [4.69, 9.17) is 0 Å². The van der Waals surface area contributed by atoms with Crippen LogP contribution in [-0.4, -0.2) is 22.4 Å². The summed E-state index contributed by atoms with van der Waals surface area (Å²) in [7, 11) is 0. The van der Waals surface area contributed by atoms with Gasteiger partial charge in [-0.25, -0.2) is 9.97 Å². The molecule has 0 aliphatic rings. The number of aromatic nitrogens is 2. The van der Waals surface area contributed by atoms with Crippen LogP contribution in [0.2, 0.25) is 0 Å². The van der Waals surface area contributed by atoms with Gasteiger partial charge in [-0.1, -0.05) is 30.3 Å². The van der Waals surface area contributed by atoms with Crippen molar-refractivity contribution in [3.05, 3.63) is 77.7 Å². The standard InChI is InChI=1S/C21H22N4O/c1-4-25(17-10-7-8-15(2)12-17)20-13-19(22-14-23-20)21(26)24-18-11-6-5-9-16(18)3/h5-14H,4H2,1-3H3,(H,24,26). The number of hydrogen-bond donors (Lipinski definition) is 1. The number of carbonyl (C=O) groups is 1. The van der Waals surface area contributed by atoms with Crippen molar-refractivity contribution in [3.63, 3.8) is 0 Å². The Hall–Kier alpha value is -3.21. The molecule has 1 heterocycles. The Bertz CT molecular complexity index is 923. The molecule has 3 rings (SSSR count). The van der Waals surface area contributed by atoms with Gasteiger partial charge in [-0.05, 0) is 50.1 Å². The van der Waals surface area contributed by atoms with Gasteiger partial charge in [0.05, 0.1) is 0 Å². The molecule has 1 N–H and O–H groups in total. The van der Waals surface area contributed by atoms with Crippen LogP contribution in [0, 0.1) is 13.8 Å². The van der Waals surface area contributed by atoms with Gasteiger partial charge in [-0.3, -0.25) is 4.79 Å². The minimum atomic E-state index is -0.247. The normalized spacial score (nSPS) is 10.4. The van der Waals surface area contributed by atoms with Crippen molar-refractivity contribution >= 4 is 23.1 Å². The molecule has 132 valence electrons. The van der Waals surface area contributed by atoms with Crippen LogP contribution < -0.4 is 10.2 Å². The highest BCUT2D eigenvalue weighted by Gasteiger charge is 2.14. The number of nitrogens with zero attached hydrogens (tertiary/aromatic N) is 3. The SMILES string of the molecule is CCN(c1cccc(C)c1)c1cc(C(=O)Nc2ccccc2C)ncn1. The minimum Gasteiger partial charge on any atom is -0.327 e. The molecule has 1 amide bonds. The van der Waals surface area contributed by atoms with Crippen molar-refractivity contribution in [2.75, 3.05) is 16.8 Å². The van der Waals surface area contributed by atoms with Crippen LogP contribution in [0.25, 0.3) is 0 Å². The summed E-state index contributed by atoms with van der Waals surface area (Å²) < 4.78 is 0. The van der Waals surface area contributed by atoms with E-state index < -0.39 is 0 Å². The molecule has 0 aliphatic heterocycles. The molecule has 2 aromatic carbocycles. The molecule has 3 aromatic rings. The van der Waals surface area contributed by atoms with E-state index in [0.717, 1.165) is 23.5 Å². The van der Waals surface area contributed by atoms with Crippen molar-refractivity contribution in [1.82, 2.24) is 9.97 Å². The van der Waals surface area contributed by atoms with E-state index in [1.165, 1.54) is 11.9 Å². The monoisotopic (exact) mass is 346 g/mol. The van der Waals surface area contributed by atoms with E-state index in [-0.39, 0.29) is 5.91 Å². The average molecular weight is 346 g/mol. The summed E-state index contributed by atoms with van der Waals surface area (Å²) in [5, 5.41) is 2.91. The van der Waals surface area contributed by atoms with E-state index >= 15 is 0 Å². The van der Waals surface area contributed by atoms with Gasteiger partial charge < -0.3 is 10.2 Å². The van der Waals surface area contributed by atoms with Gasteiger partial charge in [0, 0.05) is 24.0 Å². The molecule has 0 radical (unpaired) electrons. The lowest BCUT2D eigenvalue weighted by Gasteiger charge is -2.22. The third-order valence-electron chi connectivity index (χ3n) is 4.18. The largest absolute Gasteiger partial charge is 0.327 e. The summed E-state index contributed by atoms with van der Waals surface area (Å²) in [4.78, 5) is 23.2. The van der Waals surface area contributed by atoms with Crippen molar-refractivity contribution in [2.45, 2.75) is 20.8 Å². The van der Waals surface area contributed by atoms with E-state index in [2.05, 4.69) is 46.2 Å². The zero-order valence-corrected chi connectivity index (χ0v) is 15.2. The van der Waals surface area contributed by atoms with Crippen molar-refractivity contribution < 1.29 is 4.79 Å². The molecular weight excluding hydrogens is 324 g/mol. The maximum Gasteiger partial charge on any atom is 0.274 e. The third kappa shape index (κ3) is 3.88. The maximum absolute atomic E-state index is 12.6. The fourth-order valence-corrected chi connectivity index (χ4v) is 2.79. The summed E-state index contributed by atoms with van der Waals surface area (Å²) >= 11 is 0. The van der Waals surface area contributed by atoms with E-state index in [9.17, 15) is 4.79 Å². The molecule has 5 nitrogen and oxygen atoms in total. The highest BCUT2D eigenvalue weighted by Crippen LogP contribution is 2.24. The Morgan fingerprint density at radius 1 is 1.04 bits per heavy atom. The Balaban J connectivity index is 1.87. The second-order valence-corrected chi connectivity index (χ2v) is 6.11. The van der Waals surface area contributed by atoms with Gasteiger partial charge in [0.15, 0.2) is 0 Å². The van der Waals surface area contributed by atoms with Crippen LogP contribution in [0.1, 0.15) is 28.5 Å². The topological polar surface area (TPSA) is 58.1 Å². The molecule has 26 heavy (non-hydrogen) atoms. The number of rotatable bonds is 5. The van der Waals surface area contributed by atoms with E-state index in [1.54, 1.807) is 6.07 Å². The molecule has 0 fully saturated rings. The zero-order valence-electron chi connectivity index (χ0n) is 15.2. The molecule has 5 heteroatoms. The lowest BCUT2D eigenvalue weighted by atomic mass is 10.2. The molecule has 0 atom stereocenters. The summed E-state index contributed by atoms with van der Waals surface area (Å²) in [6.07, 6.45) is 1.43. The van der Waals surface area contributed by atoms with Crippen LogP contribution in [0.3, 0.4) is 0 Å². The molecule has 0 spiro atoms. The lowest BCUT2D eigenvalue weighted by molar-refractivity contribution is 0.102. The lowest BCUT2D eigenvalue weighted by Crippen LogP contribution is -2.20. The van der Waals surface area contributed by atoms with Crippen LogP contribution in [0.4, 0.5) is 17.2 Å². The van der Waals surface area contributed by atoms with Gasteiger partial charge in [-0.15, -0.1) is 0 Å². The molecule has 0 saturated carbocycles. The predicted molar refractivity (Wildman–Crippen MR) is 105 cm³/mol. The molecule has 0 unspecified atom stereocenters. The van der Waals surface area contributed by atoms with Crippen LogP contribution in [-0.2, 0) is 0 Å². The van der Waals surface area contributed by atoms with Gasteiger partial charge in [0.2, 0.25) is 0 Å². The van der Waals surface area contributed by atoms with E-state index in [1.807, 2.05) is 43.3 Å². The second kappa shape index (κ2) is 7.78. The molecular formula is C21H22N4O. The molecule has 1 aromatic heterocycles. The summed E-state index contributed by atoms with van der Waals surface area (Å²) in [5.41, 5.74) is 4.34. The molecule has 0 bridgehead atoms. The van der Waals surface area contributed by atoms with Gasteiger partial charge >= 0.3 is 0 Å². The van der Waals surface area contributed by atoms with E-state index in [0.29, 0.717) is 11.5 Å². The van der Waals surface area contributed by atoms with Crippen LogP contribution in [0.5, 0.6) is 0 Å². The number of carbonyl (C=O) groups excluding carboxylic acids is 1. The first-order valence-electron chi connectivity index (χ1n) is 8.61. The maximum atomic E-state index is 12.6. The summed E-state index contributed by atoms with van der Waals surface area (Å²) in [5.74, 6) is 0.450. The number of benzene rings is 2. The average Bonchev–Trinajstić information content (AvgIpc) is 2.64. The Morgan fingerprint density at radius 3 is 2.58 bits per heavy atom. The highest BCUT2D eigenvalue weighted by atomic mass is 16.1. The Labute approximate surface area is 153 Å². The smallest absolute Gasteiger partial charge is 0.274 e. The fourth-order valence-electron chi connectivity index (χ4n) is 2.79. The van der Waals surface area contributed by atoms with Crippen LogP contribution >= 0.6 is 0 Å². The first-order chi connectivity index (χ1) is 12.6. The summed E-state index contributed by atoms with van der Waals surface area (Å²) in [6.45, 7) is 6.80. The number of hydrogen-bond acceptors (Lipinski definition) is 4. The third-order valence-corrected chi connectivity index (χ3v) is 4.18. The van der Waals surface area contributed by atoms with Gasteiger partial charge in [-0.2, -0.15) is 0 Å². The number of anilines is 3. The molecule has 0 saturated heterocycles. The van der Waals surface area contributed by atoms with Crippen molar-refractivity contribution in [1.29, 1.82) is 0 Å². The van der Waals surface area contributed by atoms with Crippen molar-refractivity contribution in [2.24, 2.45) is 0 Å². The first-order valence-corrected chi connectivity index (χ1v) is 8.61. The van der Waals surface area contributed by atoms with Gasteiger partial charge in [0.25, 0.3) is 5.91 Å². The predicted octanol–water partition coefficient (Wildman–Crippen LogP) is 4.50. The minimum absolute atomic E-state index is 0.247. The van der Waals surface area contributed by atoms with Crippen LogP contribution in [0.15, 0.2) is 60.9 Å². The quantitative estimate of drug-likeness (QED) is 0.739. The Morgan fingerprint density at radius 2 is 1.85 bits per heavy atom. The number of para-hydroxylation sites is 1. The first kappa shape index (κ1) is 17.6. The highest BCUT2D eigenvalue weighted by molar-refractivity contribution is 6.03. The number of nitrogens with one attached hydrogen (secondary N) is 1. The molecule has 0 aliphatic carbocycles. The van der Waals surface area contributed by atoms with Crippen molar-refractivity contribution in [3.8, 4) is 0 Å².